The molecule has 0 radical (unpaired) electrons. The predicted octanol–water partition coefficient (Wildman–Crippen LogP) is 5.75. The summed E-state index contributed by atoms with van der Waals surface area (Å²) in [4.78, 5) is 4.64. The molecule has 0 aliphatic carbocycles. The molecule has 0 aromatic heterocycles. The van der Waals surface area contributed by atoms with E-state index in [1.165, 1.54) is 5.56 Å². The van der Waals surface area contributed by atoms with E-state index < -0.39 is 0 Å². The Hall–Kier alpha value is -1.31. The van der Waals surface area contributed by atoms with E-state index in [1.54, 1.807) is 0 Å². The lowest BCUT2D eigenvalue weighted by Crippen LogP contribution is -1.97. The highest BCUT2D eigenvalue weighted by molar-refractivity contribution is 6.40. The Bertz CT molecular complexity index is 625. The molecule has 2 rings (SSSR count). The zero-order chi connectivity index (χ0) is 14.0. The van der Waals surface area contributed by atoms with Crippen molar-refractivity contribution in [1.29, 1.82) is 0 Å². The maximum absolute atomic E-state index is 6.19. The molecular weight excluding hydrogens is 277 g/mol. The van der Waals surface area contributed by atoms with Crippen LogP contribution in [0.4, 0.5) is 5.69 Å². The van der Waals surface area contributed by atoms with Crippen molar-refractivity contribution in [3.05, 3.63) is 63.1 Å². The first-order valence-electron chi connectivity index (χ1n) is 6.06. The minimum Gasteiger partial charge on any atom is -0.253 e. The molecule has 1 nitrogen and oxygen atoms in total. The highest BCUT2D eigenvalue weighted by atomic mass is 35.5. The zero-order valence-corrected chi connectivity index (χ0v) is 12.7. The molecule has 0 atom stereocenters. The van der Waals surface area contributed by atoms with Crippen LogP contribution in [-0.2, 0) is 0 Å². The van der Waals surface area contributed by atoms with Crippen LogP contribution in [0.1, 0.15) is 23.6 Å². The molecule has 0 amide bonds. The molecule has 0 spiro atoms. The lowest BCUT2D eigenvalue weighted by Gasteiger charge is -2.08. The second-order valence-corrected chi connectivity index (χ2v) is 5.40. The standard InChI is InChI=1S/C16H15Cl2N/c1-10-7-8-15(11(2)9-10)19-12(3)16-13(17)5-4-6-14(16)18/h4-9H,1-3H3. The number of nitrogens with zero attached hydrogens (tertiary/aromatic N) is 1. The molecule has 0 aliphatic rings. The van der Waals surface area contributed by atoms with Crippen molar-refractivity contribution >= 4 is 34.6 Å². The quantitative estimate of drug-likeness (QED) is 0.625. The number of aliphatic imine (C=N–C) groups is 1. The van der Waals surface area contributed by atoms with Gasteiger partial charge in [-0.1, -0.05) is 47.0 Å². The van der Waals surface area contributed by atoms with Gasteiger partial charge in [-0.25, -0.2) is 0 Å². The average Bonchev–Trinajstić information content (AvgIpc) is 2.32. The van der Waals surface area contributed by atoms with E-state index in [0.717, 1.165) is 22.5 Å². The third-order valence-electron chi connectivity index (χ3n) is 2.97. The summed E-state index contributed by atoms with van der Waals surface area (Å²) in [6.45, 7) is 6.04. The van der Waals surface area contributed by atoms with Crippen molar-refractivity contribution in [2.45, 2.75) is 20.8 Å². The molecule has 98 valence electrons. The van der Waals surface area contributed by atoms with E-state index in [9.17, 15) is 0 Å². The van der Waals surface area contributed by atoms with E-state index in [4.69, 9.17) is 23.2 Å². The SMILES string of the molecule is CC(=Nc1ccc(C)cc1C)c1c(Cl)cccc1Cl. The van der Waals surface area contributed by atoms with Crippen LogP contribution in [0.5, 0.6) is 0 Å². The maximum atomic E-state index is 6.19. The Morgan fingerprint density at radius 3 is 2.21 bits per heavy atom. The lowest BCUT2D eigenvalue weighted by molar-refractivity contribution is 1.34. The summed E-state index contributed by atoms with van der Waals surface area (Å²) in [5, 5.41) is 1.25. The van der Waals surface area contributed by atoms with E-state index in [1.807, 2.05) is 44.2 Å². The van der Waals surface area contributed by atoms with Crippen LogP contribution < -0.4 is 0 Å². The van der Waals surface area contributed by atoms with Crippen LogP contribution in [-0.4, -0.2) is 5.71 Å². The van der Waals surface area contributed by atoms with Gasteiger partial charge in [0.15, 0.2) is 0 Å². The van der Waals surface area contributed by atoms with Gasteiger partial charge in [-0.3, -0.25) is 4.99 Å². The third-order valence-corrected chi connectivity index (χ3v) is 3.59. The largest absolute Gasteiger partial charge is 0.253 e. The summed E-state index contributed by atoms with van der Waals surface area (Å²) in [6.07, 6.45) is 0. The second-order valence-electron chi connectivity index (χ2n) is 4.58. The number of benzene rings is 2. The van der Waals surface area contributed by atoms with Crippen molar-refractivity contribution in [2.24, 2.45) is 4.99 Å². The highest BCUT2D eigenvalue weighted by Crippen LogP contribution is 2.27. The van der Waals surface area contributed by atoms with E-state index in [0.29, 0.717) is 10.0 Å². The Balaban J connectivity index is 2.49. The van der Waals surface area contributed by atoms with Crippen molar-refractivity contribution in [3.8, 4) is 0 Å². The molecule has 0 saturated heterocycles. The van der Waals surface area contributed by atoms with Gasteiger partial charge in [-0.2, -0.15) is 0 Å². The molecule has 2 aromatic rings. The molecule has 2 aromatic carbocycles. The first kappa shape index (κ1) is 14.1. The monoisotopic (exact) mass is 291 g/mol. The summed E-state index contributed by atoms with van der Waals surface area (Å²) in [6, 6.07) is 11.7. The van der Waals surface area contributed by atoms with Gasteiger partial charge in [-0.15, -0.1) is 0 Å². The first-order chi connectivity index (χ1) is 8.99. The van der Waals surface area contributed by atoms with Crippen LogP contribution in [0.2, 0.25) is 10.0 Å². The van der Waals surface area contributed by atoms with Gasteiger partial charge in [0.1, 0.15) is 0 Å². The molecule has 0 heterocycles. The second kappa shape index (κ2) is 5.77. The van der Waals surface area contributed by atoms with Crippen molar-refractivity contribution in [2.75, 3.05) is 0 Å². The van der Waals surface area contributed by atoms with Crippen LogP contribution in [0.3, 0.4) is 0 Å². The summed E-state index contributed by atoms with van der Waals surface area (Å²) in [7, 11) is 0. The summed E-state index contributed by atoms with van der Waals surface area (Å²) < 4.78 is 0. The van der Waals surface area contributed by atoms with Gasteiger partial charge in [-0.05, 0) is 44.5 Å². The van der Waals surface area contributed by atoms with Crippen LogP contribution in [0, 0.1) is 13.8 Å². The smallest absolute Gasteiger partial charge is 0.0662 e. The number of halogens is 2. The molecule has 0 aliphatic heterocycles. The van der Waals surface area contributed by atoms with Gasteiger partial charge in [0, 0.05) is 11.3 Å². The van der Waals surface area contributed by atoms with Crippen LogP contribution >= 0.6 is 23.2 Å². The van der Waals surface area contributed by atoms with E-state index >= 15 is 0 Å². The molecule has 0 fully saturated rings. The molecule has 0 bridgehead atoms. The summed E-state index contributed by atoms with van der Waals surface area (Å²) in [5.41, 5.74) is 4.93. The third kappa shape index (κ3) is 3.17. The van der Waals surface area contributed by atoms with Crippen molar-refractivity contribution < 1.29 is 0 Å². The fourth-order valence-corrected chi connectivity index (χ4v) is 2.68. The number of hydrogen-bond acceptors (Lipinski definition) is 1. The van der Waals surface area contributed by atoms with Crippen molar-refractivity contribution in [1.82, 2.24) is 0 Å². The Morgan fingerprint density at radius 2 is 1.63 bits per heavy atom. The van der Waals surface area contributed by atoms with Crippen LogP contribution in [0.15, 0.2) is 41.4 Å². The summed E-state index contributed by atoms with van der Waals surface area (Å²) >= 11 is 12.4. The average molecular weight is 292 g/mol. The Kier molecular flexibility index (Phi) is 4.28. The normalized spacial score (nSPS) is 11.7. The molecule has 19 heavy (non-hydrogen) atoms. The van der Waals surface area contributed by atoms with Gasteiger partial charge >= 0.3 is 0 Å². The van der Waals surface area contributed by atoms with Gasteiger partial charge < -0.3 is 0 Å². The van der Waals surface area contributed by atoms with E-state index in [2.05, 4.69) is 18.0 Å². The Labute approximate surface area is 123 Å². The predicted molar refractivity (Wildman–Crippen MR) is 84.2 cm³/mol. The van der Waals surface area contributed by atoms with Crippen LogP contribution in [0.25, 0.3) is 0 Å². The number of rotatable bonds is 2. The number of hydrogen-bond donors (Lipinski definition) is 0. The topological polar surface area (TPSA) is 12.4 Å². The summed E-state index contributed by atoms with van der Waals surface area (Å²) in [5.74, 6) is 0. The lowest BCUT2D eigenvalue weighted by atomic mass is 10.1. The zero-order valence-electron chi connectivity index (χ0n) is 11.2. The van der Waals surface area contributed by atoms with E-state index in [-0.39, 0.29) is 0 Å². The molecule has 0 unspecified atom stereocenters. The Morgan fingerprint density at radius 1 is 1.00 bits per heavy atom. The maximum Gasteiger partial charge on any atom is 0.0662 e. The van der Waals surface area contributed by atoms with Gasteiger partial charge in [0.25, 0.3) is 0 Å². The fourth-order valence-electron chi connectivity index (χ4n) is 2.01. The molecule has 0 N–H and O–H groups in total. The minimum absolute atomic E-state index is 0.624. The fraction of sp³-hybridized carbons (Fsp3) is 0.188. The number of aryl methyl sites for hydroxylation is 2. The minimum atomic E-state index is 0.624. The van der Waals surface area contributed by atoms with Crippen molar-refractivity contribution in [3.63, 3.8) is 0 Å². The molecule has 0 saturated carbocycles. The first-order valence-corrected chi connectivity index (χ1v) is 6.81. The highest BCUT2D eigenvalue weighted by Gasteiger charge is 2.09. The molecular formula is C16H15Cl2N. The van der Waals surface area contributed by atoms with Gasteiger partial charge in [0.2, 0.25) is 0 Å². The molecule has 3 heteroatoms. The van der Waals surface area contributed by atoms with Gasteiger partial charge in [0.05, 0.1) is 15.7 Å².